The molecule has 0 saturated carbocycles. The van der Waals surface area contributed by atoms with Crippen molar-refractivity contribution in [3.8, 4) is 23.2 Å². The summed E-state index contributed by atoms with van der Waals surface area (Å²) in [7, 11) is 5.43. The molecule has 8 heteroatoms. The minimum Gasteiger partial charge on any atom is -0.497 e. The van der Waals surface area contributed by atoms with Crippen molar-refractivity contribution in [2.75, 3.05) is 26.1 Å². The number of nitriles is 1. The second-order valence-electron chi connectivity index (χ2n) is 6.48. The van der Waals surface area contributed by atoms with Crippen LogP contribution < -0.4 is 9.64 Å². The molecule has 0 bridgehead atoms. The van der Waals surface area contributed by atoms with Crippen LogP contribution in [-0.2, 0) is 16.1 Å². The van der Waals surface area contributed by atoms with Crippen LogP contribution in [0.5, 0.6) is 5.75 Å². The summed E-state index contributed by atoms with van der Waals surface area (Å²) in [4.78, 5) is 18.4. The van der Waals surface area contributed by atoms with Crippen LogP contribution in [0.2, 0.25) is 0 Å². The average Bonchev–Trinajstić information content (AvgIpc) is 3.25. The topological polar surface area (TPSA) is 101 Å². The van der Waals surface area contributed by atoms with Crippen LogP contribution in [0.1, 0.15) is 11.5 Å². The number of carbonyl (C=O) groups excluding carboxylic acids is 1. The predicted molar refractivity (Wildman–Crippen MR) is 110 cm³/mol. The molecule has 8 nitrogen and oxygen atoms in total. The van der Waals surface area contributed by atoms with E-state index in [1.165, 1.54) is 6.08 Å². The number of benzene rings is 2. The largest absolute Gasteiger partial charge is 0.497 e. The van der Waals surface area contributed by atoms with Gasteiger partial charge in [0, 0.05) is 25.3 Å². The molecule has 0 fully saturated rings. The first-order valence-electron chi connectivity index (χ1n) is 9.03. The molecule has 0 N–H and O–H groups in total. The van der Waals surface area contributed by atoms with Gasteiger partial charge in [0.25, 0.3) is 5.89 Å². The van der Waals surface area contributed by atoms with Gasteiger partial charge in [0.15, 0.2) is 6.61 Å². The number of rotatable bonds is 7. The van der Waals surface area contributed by atoms with Gasteiger partial charge in [0.1, 0.15) is 17.4 Å². The lowest BCUT2D eigenvalue weighted by molar-refractivity contribution is -0.140. The summed E-state index contributed by atoms with van der Waals surface area (Å²) in [5.74, 6) is 0.355. The van der Waals surface area contributed by atoms with E-state index in [0.717, 1.165) is 5.69 Å². The number of hydrogen-bond acceptors (Lipinski definition) is 8. The summed E-state index contributed by atoms with van der Waals surface area (Å²) in [6.07, 6.45) is 1.47. The van der Waals surface area contributed by atoms with Gasteiger partial charge in [-0.3, -0.25) is 0 Å². The molecule has 0 radical (unpaired) electrons. The Labute approximate surface area is 174 Å². The van der Waals surface area contributed by atoms with Crippen LogP contribution >= 0.6 is 0 Å². The number of hydrogen-bond donors (Lipinski definition) is 0. The SMILES string of the molecule is COc1cccc(-c2noc(COC(=O)/C(C#N)=C/c3ccc(N(C)C)cc3)n2)c1. The second-order valence-corrected chi connectivity index (χ2v) is 6.48. The summed E-state index contributed by atoms with van der Waals surface area (Å²) in [5.41, 5.74) is 2.30. The van der Waals surface area contributed by atoms with E-state index in [4.69, 9.17) is 14.0 Å². The Morgan fingerprint density at radius 2 is 2.00 bits per heavy atom. The summed E-state index contributed by atoms with van der Waals surface area (Å²) >= 11 is 0. The molecule has 2 aromatic carbocycles. The summed E-state index contributed by atoms with van der Waals surface area (Å²) < 4.78 is 15.4. The molecule has 0 spiro atoms. The van der Waals surface area contributed by atoms with E-state index in [1.807, 2.05) is 49.3 Å². The van der Waals surface area contributed by atoms with Gasteiger partial charge >= 0.3 is 5.97 Å². The van der Waals surface area contributed by atoms with Crippen LogP contribution in [0.4, 0.5) is 5.69 Å². The quantitative estimate of drug-likeness (QED) is 0.335. The van der Waals surface area contributed by atoms with E-state index in [0.29, 0.717) is 22.7 Å². The number of ether oxygens (including phenoxy) is 2. The smallest absolute Gasteiger partial charge is 0.349 e. The molecule has 3 aromatic rings. The third-order valence-electron chi connectivity index (χ3n) is 4.18. The van der Waals surface area contributed by atoms with E-state index < -0.39 is 5.97 Å². The lowest BCUT2D eigenvalue weighted by Crippen LogP contribution is -2.08. The molecule has 3 rings (SSSR count). The zero-order valence-electron chi connectivity index (χ0n) is 16.8. The minimum atomic E-state index is -0.768. The van der Waals surface area contributed by atoms with Crippen LogP contribution in [0.15, 0.2) is 58.6 Å². The molecule has 0 amide bonds. The van der Waals surface area contributed by atoms with Gasteiger partial charge in [-0.25, -0.2) is 4.79 Å². The van der Waals surface area contributed by atoms with E-state index in [-0.39, 0.29) is 18.1 Å². The van der Waals surface area contributed by atoms with Crippen molar-refractivity contribution in [3.05, 3.63) is 65.6 Å². The van der Waals surface area contributed by atoms with Crippen molar-refractivity contribution in [2.45, 2.75) is 6.61 Å². The second kappa shape index (κ2) is 9.39. The Balaban J connectivity index is 1.65. The Morgan fingerprint density at radius 1 is 1.23 bits per heavy atom. The lowest BCUT2D eigenvalue weighted by Gasteiger charge is -2.11. The Bertz CT molecular complexity index is 1090. The highest BCUT2D eigenvalue weighted by atomic mass is 16.6. The Hall–Kier alpha value is -4.12. The van der Waals surface area contributed by atoms with E-state index >= 15 is 0 Å². The maximum Gasteiger partial charge on any atom is 0.349 e. The highest BCUT2D eigenvalue weighted by molar-refractivity contribution is 5.97. The minimum absolute atomic E-state index is 0.119. The molecule has 1 heterocycles. The van der Waals surface area contributed by atoms with Gasteiger partial charge in [-0.2, -0.15) is 10.2 Å². The molecule has 0 aliphatic carbocycles. The van der Waals surface area contributed by atoms with Crippen molar-refractivity contribution >= 4 is 17.7 Å². The molecule has 152 valence electrons. The van der Waals surface area contributed by atoms with Crippen molar-refractivity contribution in [2.24, 2.45) is 0 Å². The van der Waals surface area contributed by atoms with Crippen LogP contribution in [0.25, 0.3) is 17.5 Å². The van der Waals surface area contributed by atoms with Crippen molar-refractivity contribution in [1.29, 1.82) is 5.26 Å². The molecule has 30 heavy (non-hydrogen) atoms. The first-order chi connectivity index (χ1) is 14.5. The molecule has 0 aliphatic rings. The number of aromatic nitrogens is 2. The van der Waals surface area contributed by atoms with Crippen molar-refractivity contribution in [3.63, 3.8) is 0 Å². The zero-order chi connectivity index (χ0) is 21.5. The van der Waals surface area contributed by atoms with Crippen LogP contribution in [-0.4, -0.2) is 37.3 Å². The standard InChI is InChI=1S/C22H20N4O4/c1-26(2)18-9-7-15(8-10-18)11-17(13-23)22(27)29-14-20-24-21(25-30-20)16-5-4-6-19(12-16)28-3/h4-12H,14H2,1-3H3/b17-11+. The van der Waals surface area contributed by atoms with Gasteiger partial charge < -0.3 is 18.9 Å². The molecule has 1 aromatic heterocycles. The third-order valence-corrected chi connectivity index (χ3v) is 4.18. The molecule has 0 atom stereocenters. The normalized spacial score (nSPS) is 10.9. The first kappa shape index (κ1) is 20.6. The molecule has 0 unspecified atom stereocenters. The van der Waals surface area contributed by atoms with Gasteiger partial charge in [-0.05, 0) is 35.9 Å². The fourth-order valence-corrected chi connectivity index (χ4v) is 2.57. The third kappa shape index (κ3) is 5.02. The molecular formula is C22H20N4O4. The van der Waals surface area contributed by atoms with E-state index in [2.05, 4.69) is 10.1 Å². The Morgan fingerprint density at radius 3 is 2.67 bits per heavy atom. The van der Waals surface area contributed by atoms with E-state index in [9.17, 15) is 10.1 Å². The number of esters is 1. The van der Waals surface area contributed by atoms with Crippen LogP contribution in [0, 0.1) is 11.3 Å². The Kier molecular flexibility index (Phi) is 6.45. The lowest BCUT2D eigenvalue weighted by atomic mass is 10.1. The van der Waals surface area contributed by atoms with Crippen LogP contribution in [0.3, 0.4) is 0 Å². The average molecular weight is 404 g/mol. The van der Waals surface area contributed by atoms with Gasteiger partial charge in [-0.1, -0.05) is 29.4 Å². The maximum atomic E-state index is 12.3. The summed E-state index contributed by atoms with van der Waals surface area (Å²) in [6.45, 7) is -0.242. The van der Waals surface area contributed by atoms with Crippen molar-refractivity contribution in [1.82, 2.24) is 10.1 Å². The maximum absolute atomic E-state index is 12.3. The molecular weight excluding hydrogens is 384 g/mol. The molecule has 0 saturated heterocycles. The predicted octanol–water partition coefficient (Wildman–Crippen LogP) is 3.46. The highest BCUT2D eigenvalue weighted by Crippen LogP contribution is 2.21. The number of carbonyl (C=O) groups is 1. The highest BCUT2D eigenvalue weighted by Gasteiger charge is 2.15. The molecule has 0 aliphatic heterocycles. The summed E-state index contributed by atoms with van der Waals surface area (Å²) in [5, 5.41) is 13.2. The fourth-order valence-electron chi connectivity index (χ4n) is 2.57. The number of nitrogens with zero attached hydrogens (tertiary/aromatic N) is 4. The fraction of sp³-hybridized carbons (Fsp3) is 0.182. The van der Waals surface area contributed by atoms with Gasteiger partial charge in [-0.15, -0.1) is 0 Å². The first-order valence-corrected chi connectivity index (χ1v) is 9.03. The monoisotopic (exact) mass is 404 g/mol. The zero-order valence-corrected chi connectivity index (χ0v) is 16.8. The number of anilines is 1. The number of methoxy groups -OCH3 is 1. The van der Waals surface area contributed by atoms with Crippen molar-refractivity contribution < 1.29 is 18.8 Å². The van der Waals surface area contributed by atoms with E-state index in [1.54, 1.807) is 31.4 Å². The van der Waals surface area contributed by atoms with Gasteiger partial charge in [0.05, 0.1) is 7.11 Å². The van der Waals surface area contributed by atoms with Gasteiger partial charge in [0.2, 0.25) is 5.82 Å². The summed E-state index contributed by atoms with van der Waals surface area (Å²) in [6, 6.07) is 16.5.